The van der Waals surface area contributed by atoms with E-state index < -0.39 is 27.9 Å². The number of carbonyl (C=O) groups excluding carboxylic acids is 1. The molecule has 1 amide bonds. The highest BCUT2D eigenvalue weighted by molar-refractivity contribution is 7.85. The summed E-state index contributed by atoms with van der Waals surface area (Å²) in [4.78, 5) is 25.7. The average Bonchev–Trinajstić information content (AvgIpc) is 2.36. The number of nitrogens with zero attached hydrogens (tertiary/aromatic N) is 2. The van der Waals surface area contributed by atoms with Gasteiger partial charge in [0.25, 0.3) is 10.1 Å². The van der Waals surface area contributed by atoms with Crippen molar-refractivity contribution < 1.29 is 32.8 Å². The largest absolute Gasteiger partial charge is 0.481 e. The maximum atomic E-state index is 11.8. The van der Waals surface area contributed by atoms with E-state index in [0.717, 1.165) is 0 Å². The van der Waals surface area contributed by atoms with Crippen LogP contribution < -0.4 is 0 Å². The molecule has 0 aliphatic carbocycles. The molecule has 0 aromatic rings. The van der Waals surface area contributed by atoms with Crippen LogP contribution in [0.5, 0.6) is 0 Å². The van der Waals surface area contributed by atoms with E-state index in [1.807, 2.05) is 4.90 Å². The molecule has 10 heteroatoms. The lowest BCUT2D eigenvalue weighted by molar-refractivity contribution is -0.137. The van der Waals surface area contributed by atoms with E-state index in [1.165, 1.54) is 0 Å². The van der Waals surface area contributed by atoms with Gasteiger partial charge in [-0.05, 0) is 6.42 Å². The van der Waals surface area contributed by atoms with Crippen molar-refractivity contribution in [3.63, 3.8) is 0 Å². The molecule has 0 bridgehead atoms. The fourth-order valence-corrected chi connectivity index (χ4v) is 2.91. The summed E-state index contributed by atoms with van der Waals surface area (Å²) in [7, 11) is -4.20. The van der Waals surface area contributed by atoms with Crippen LogP contribution in [0.3, 0.4) is 0 Å². The summed E-state index contributed by atoms with van der Waals surface area (Å²) in [5.41, 5.74) is 0. The van der Waals surface area contributed by atoms with Crippen molar-refractivity contribution in [3.05, 3.63) is 0 Å². The predicted octanol–water partition coefficient (Wildman–Crippen LogP) is -1.37. The van der Waals surface area contributed by atoms with Gasteiger partial charge in [-0.25, -0.2) is 0 Å². The average molecular weight is 338 g/mol. The van der Waals surface area contributed by atoms with E-state index in [1.54, 1.807) is 4.90 Å². The lowest BCUT2D eigenvalue weighted by Crippen LogP contribution is -2.51. The minimum absolute atomic E-state index is 0.0342. The number of hydrogen-bond acceptors (Lipinski definition) is 6. The molecule has 1 aliphatic heterocycles. The Balaban J connectivity index is 2.28. The van der Waals surface area contributed by atoms with Crippen molar-refractivity contribution >= 4 is 22.0 Å². The number of amides is 1. The monoisotopic (exact) mass is 338 g/mol. The molecular weight excluding hydrogens is 316 g/mol. The molecule has 128 valence electrons. The van der Waals surface area contributed by atoms with E-state index in [-0.39, 0.29) is 25.3 Å². The summed E-state index contributed by atoms with van der Waals surface area (Å²) in [6, 6.07) is 0. The molecule has 1 rings (SSSR count). The smallest absolute Gasteiger partial charge is 0.303 e. The van der Waals surface area contributed by atoms with Gasteiger partial charge in [0.05, 0.1) is 6.10 Å². The molecule has 22 heavy (non-hydrogen) atoms. The second kappa shape index (κ2) is 8.42. The van der Waals surface area contributed by atoms with Crippen molar-refractivity contribution in [1.29, 1.82) is 0 Å². The lowest BCUT2D eigenvalue weighted by Gasteiger charge is -2.35. The van der Waals surface area contributed by atoms with Gasteiger partial charge in [-0.2, -0.15) is 8.42 Å². The molecule has 0 aromatic carbocycles. The summed E-state index contributed by atoms with van der Waals surface area (Å²) in [5.74, 6) is -1.73. The number of carboxylic acid groups (broad SMARTS) is 1. The topological polar surface area (TPSA) is 135 Å². The predicted molar refractivity (Wildman–Crippen MR) is 76.9 cm³/mol. The quantitative estimate of drug-likeness (QED) is 0.462. The Kier molecular flexibility index (Phi) is 7.20. The zero-order chi connectivity index (χ0) is 16.8. The minimum Gasteiger partial charge on any atom is -0.481 e. The first-order valence-electron chi connectivity index (χ1n) is 7.02. The molecule has 9 nitrogen and oxygen atoms in total. The highest BCUT2D eigenvalue weighted by Gasteiger charge is 2.23. The molecule has 1 fully saturated rings. The van der Waals surface area contributed by atoms with Crippen LogP contribution in [-0.2, 0) is 19.7 Å². The maximum Gasteiger partial charge on any atom is 0.303 e. The Labute approximate surface area is 129 Å². The van der Waals surface area contributed by atoms with Gasteiger partial charge in [0.1, 0.15) is 5.75 Å². The zero-order valence-electron chi connectivity index (χ0n) is 12.2. The van der Waals surface area contributed by atoms with E-state index in [2.05, 4.69) is 0 Å². The highest BCUT2D eigenvalue weighted by atomic mass is 32.2. The first-order valence-corrected chi connectivity index (χ1v) is 8.63. The number of aliphatic carboxylic acids is 1. The van der Waals surface area contributed by atoms with E-state index in [0.29, 0.717) is 32.6 Å². The van der Waals surface area contributed by atoms with Crippen LogP contribution in [0.4, 0.5) is 0 Å². The van der Waals surface area contributed by atoms with Crippen LogP contribution >= 0.6 is 0 Å². The summed E-state index contributed by atoms with van der Waals surface area (Å²) in [5, 5.41) is 18.1. The number of carbonyl (C=O) groups is 2. The summed E-state index contributed by atoms with van der Waals surface area (Å²) in [6.45, 7) is 2.00. The van der Waals surface area contributed by atoms with Gasteiger partial charge >= 0.3 is 5.97 Å². The second-order valence-corrected chi connectivity index (χ2v) is 6.83. The SMILES string of the molecule is O=C(O)CCCC(=O)N1CCN(CC(O)CS(=O)(=O)O)CC1. The number of aliphatic hydroxyl groups excluding tert-OH is 1. The third-order valence-electron chi connectivity index (χ3n) is 3.38. The van der Waals surface area contributed by atoms with Crippen molar-refractivity contribution in [2.24, 2.45) is 0 Å². The van der Waals surface area contributed by atoms with Gasteiger partial charge in [0.2, 0.25) is 5.91 Å². The van der Waals surface area contributed by atoms with Gasteiger partial charge in [0, 0.05) is 45.6 Å². The first-order chi connectivity index (χ1) is 10.2. The van der Waals surface area contributed by atoms with Crippen LogP contribution in [0.25, 0.3) is 0 Å². The van der Waals surface area contributed by atoms with Gasteiger partial charge in [-0.3, -0.25) is 19.0 Å². The molecule has 1 heterocycles. The number of aliphatic hydroxyl groups is 1. The molecule has 0 radical (unpaired) electrons. The van der Waals surface area contributed by atoms with Crippen molar-refractivity contribution in [1.82, 2.24) is 9.80 Å². The molecule has 0 saturated carbocycles. The molecular formula is C12H22N2O7S. The molecule has 1 saturated heterocycles. The van der Waals surface area contributed by atoms with Crippen LogP contribution in [0.1, 0.15) is 19.3 Å². The number of piperazine rings is 1. The van der Waals surface area contributed by atoms with E-state index in [9.17, 15) is 23.1 Å². The van der Waals surface area contributed by atoms with Crippen LogP contribution in [-0.4, -0.2) is 89.4 Å². The van der Waals surface area contributed by atoms with E-state index >= 15 is 0 Å². The van der Waals surface area contributed by atoms with Crippen molar-refractivity contribution in [3.8, 4) is 0 Å². The second-order valence-electron chi connectivity index (χ2n) is 5.33. The number of rotatable bonds is 8. The molecule has 1 aliphatic rings. The zero-order valence-corrected chi connectivity index (χ0v) is 13.0. The molecule has 1 atom stereocenters. The number of carboxylic acids is 1. The van der Waals surface area contributed by atoms with Gasteiger partial charge < -0.3 is 15.1 Å². The minimum atomic E-state index is -4.20. The summed E-state index contributed by atoms with van der Waals surface area (Å²) < 4.78 is 30.0. The normalized spacial score (nSPS) is 18.2. The van der Waals surface area contributed by atoms with Crippen molar-refractivity contribution in [2.45, 2.75) is 25.4 Å². The lowest BCUT2D eigenvalue weighted by atomic mass is 10.2. The standard InChI is InChI=1S/C12H22N2O7S/c15-10(9-22(19,20)21)8-13-4-6-14(7-5-13)11(16)2-1-3-12(17)18/h10,15H,1-9H2,(H,17,18)(H,19,20,21). The molecule has 0 aromatic heterocycles. The molecule has 3 N–H and O–H groups in total. The molecule has 1 unspecified atom stereocenters. The van der Waals surface area contributed by atoms with Crippen LogP contribution in [0.15, 0.2) is 0 Å². The molecule has 0 spiro atoms. The Morgan fingerprint density at radius 2 is 1.68 bits per heavy atom. The third kappa shape index (κ3) is 7.69. The maximum absolute atomic E-state index is 11.8. The van der Waals surface area contributed by atoms with Crippen molar-refractivity contribution in [2.75, 3.05) is 38.5 Å². The summed E-state index contributed by atoms with van der Waals surface area (Å²) >= 11 is 0. The highest BCUT2D eigenvalue weighted by Crippen LogP contribution is 2.07. The van der Waals surface area contributed by atoms with Gasteiger partial charge in [0.15, 0.2) is 0 Å². The Morgan fingerprint density at radius 1 is 1.09 bits per heavy atom. The Morgan fingerprint density at radius 3 is 2.18 bits per heavy atom. The van der Waals surface area contributed by atoms with Gasteiger partial charge in [-0.15, -0.1) is 0 Å². The fourth-order valence-electron chi connectivity index (χ4n) is 2.32. The number of β-amino-alcohol motifs (C(OH)–C–C–N with tert-alkyl or cyclic N) is 1. The third-order valence-corrected chi connectivity index (χ3v) is 4.18. The Bertz CT molecular complexity index is 486. The fraction of sp³-hybridized carbons (Fsp3) is 0.833. The van der Waals surface area contributed by atoms with Crippen LogP contribution in [0, 0.1) is 0 Å². The van der Waals surface area contributed by atoms with Crippen LogP contribution in [0.2, 0.25) is 0 Å². The number of hydrogen-bond donors (Lipinski definition) is 3. The Hall–Kier alpha value is -1.23. The summed E-state index contributed by atoms with van der Waals surface area (Å²) in [6.07, 6.45) is -0.708. The van der Waals surface area contributed by atoms with E-state index in [4.69, 9.17) is 9.66 Å². The van der Waals surface area contributed by atoms with Gasteiger partial charge in [-0.1, -0.05) is 0 Å². The first kappa shape index (κ1) is 18.8.